The number of pyridine rings is 2. The maximum atomic E-state index is 11.8. The molecule has 2 N–H and O–H groups in total. The molecule has 0 unspecified atom stereocenters. The van der Waals surface area contributed by atoms with Crippen LogP contribution in [0, 0.1) is 5.92 Å². The molecule has 1 fully saturated rings. The van der Waals surface area contributed by atoms with E-state index >= 15 is 0 Å². The number of amides is 1. The van der Waals surface area contributed by atoms with Gasteiger partial charge in [-0.1, -0.05) is 18.2 Å². The van der Waals surface area contributed by atoms with Crippen LogP contribution >= 0.6 is 0 Å². The number of carbonyl (C=O) groups excluding carboxylic acids is 1. The molecule has 0 saturated heterocycles. The Kier molecular flexibility index (Phi) is 3.70. The van der Waals surface area contributed by atoms with Gasteiger partial charge in [0.1, 0.15) is 5.82 Å². The lowest BCUT2D eigenvalue weighted by Gasteiger charge is -2.07. The van der Waals surface area contributed by atoms with Gasteiger partial charge < -0.3 is 10.4 Å². The van der Waals surface area contributed by atoms with Crippen LogP contribution < -0.4 is 5.32 Å². The van der Waals surface area contributed by atoms with Crippen LogP contribution in [0.25, 0.3) is 22.0 Å². The number of anilines is 1. The van der Waals surface area contributed by atoms with Crippen molar-refractivity contribution in [2.75, 3.05) is 5.32 Å². The summed E-state index contributed by atoms with van der Waals surface area (Å²) >= 11 is 0. The van der Waals surface area contributed by atoms with Crippen LogP contribution in [-0.4, -0.2) is 21.0 Å². The van der Waals surface area contributed by atoms with Crippen LogP contribution in [0.5, 0.6) is 0 Å². The first-order valence-electron chi connectivity index (χ1n) is 8.00. The zero-order chi connectivity index (χ0) is 16.5. The molecular formula is C19H17N3O2. The van der Waals surface area contributed by atoms with E-state index in [1.54, 1.807) is 12.4 Å². The molecule has 4 rings (SSSR count). The van der Waals surface area contributed by atoms with Gasteiger partial charge in [-0.25, -0.2) is 4.98 Å². The highest BCUT2D eigenvalue weighted by Gasteiger charge is 2.29. The summed E-state index contributed by atoms with van der Waals surface area (Å²) in [7, 11) is 0. The van der Waals surface area contributed by atoms with Crippen molar-refractivity contribution in [1.29, 1.82) is 0 Å². The summed E-state index contributed by atoms with van der Waals surface area (Å²) in [5.74, 6) is 0.769. The van der Waals surface area contributed by atoms with E-state index in [2.05, 4.69) is 15.3 Å². The van der Waals surface area contributed by atoms with E-state index in [9.17, 15) is 9.90 Å². The average molecular weight is 319 g/mol. The average Bonchev–Trinajstić information content (AvgIpc) is 3.46. The lowest BCUT2D eigenvalue weighted by atomic mass is 10.1. The fourth-order valence-electron chi connectivity index (χ4n) is 2.67. The highest BCUT2D eigenvalue weighted by atomic mass is 16.3. The SMILES string of the molecule is O=C(Nc1cc2cnc(-c3cccc(CO)c3)cc2cn1)C1CC1. The highest BCUT2D eigenvalue weighted by molar-refractivity contribution is 5.95. The minimum Gasteiger partial charge on any atom is -0.392 e. The molecule has 0 aliphatic heterocycles. The number of carbonyl (C=O) groups is 1. The molecule has 2 heterocycles. The molecule has 24 heavy (non-hydrogen) atoms. The highest BCUT2D eigenvalue weighted by Crippen LogP contribution is 2.30. The Morgan fingerprint density at radius 3 is 2.71 bits per heavy atom. The Bertz CT molecular complexity index is 919. The van der Waals surface area contributed by atoms with Gasteiger partial charge in [0.25, 0.3) is 0 Å². The van der Waals surface area contributed by atoms with Crippen LogP contribution in [-0.2, 0) is 11.4 Å². The molecule has 0 atom stereocenters. The Labute approximate surface area is 139 Å². The van der Waals surface area contributed by atoms with Gasteiger partial charge in [0.2, 0.25) is 5.91 Å². The number of rotatable bonds is 4. The summed E-state index contributed by atoms with van der Waals surface area (Å²) < 4.78 is 0. The van der Waals surface area contributed by atoms with E-state index in [0.717, 1.165) is 40.4 Å². The summed E-state index contributed by atoms with van der Waals surface area (Å²) in [6.07, 6.45) is 5.47. The minimum absolute atomic E-state index is 0.00697. The third-order valence-electron chi connectivity index (χ3n) is 4.21. The number of aliphatic hydroxyl groups excluding tert-OH is 1. The van der Waals surface area contributed by atoms with Crippen molar-refractivity contribution in [3.63, 3.8) is 0 Å². The molecule has 1 aliphatic carbocycles. The number of hydrogen-bond donors (Lipinski definition) is 2. The smallest absolute Gasteiger partial charge is 0.228 e. The maximum absolute atomic E-state index is 11.8. The van der Waals surface area contributed by atoms with Gasteiger partial charge in [0.05, 0.1) is 12.3 Å². The third kappa shape index (κ3) is 2.98. The zero-order valence-electron chi connectivity index (χ0n) is 13.1. The molecule has 5 heteroatoms. The Hall–Kier alpha value is -2.79. The molecule has 0 bridgehead atoms. The zero-order valence-corrected chi connectivity index (χ0v) is 13.1. The molecule has 120 valence electrons. The topological polar surface area (TPSA) is 75.1 Å². The summed E-state index contributed by atoms with van der Waals surface area (Å²) in [4.78, 5) is 20.6. The predicted molar refractivity (Wildman–Crippen MR) is 92.3 cm³/mol. The molecule has 1 aliphatic rings. The quantitative estimate of drug-likeness (QED) is 0.774. The molecule has 5 nitrogen and oxygen atoms in total. The van der Waals surface area contributed by atoms with Gasteiger partial charge in [-0.05, 0) is 36.6 Å². The van der Waals surface area contributed by atoms with Crippen LogP contribution in [0.3, 0.4) is 0 Å². The van der Waals surface area contributed by atoms with Crippen molar-refractivity contribution in [1.82, 2.24) is 9.97 Å². The van der Waals surface area contributed by atoms with E-state index < -0.39 is 0 Å². The van der Waals surface area contributed by atoms with Gasteiger partial charge in [-0.3, -0.25) is 9.78 Å². The number of aliphatic hydroxyl groups is 1. The fraction of sp³-hybridized carbons (Fsp3) is 0.211. The largest absolute Gasteiger partial charge is 0.392 e. The van der Waals surface area contributed by atoms with Crippen molar-refractivity contribution in [3.8, 4) is 11.3 Å². The summed E-state index contributed by atoms with van der Waals surface area (Å²) in [5, 5.41) is 14.0. The lowest BCUT2D eigenvalue weighted by Crippen LogP contribution is -2.14. The molecular weight excluding hydrogens is 302 g/mol. The van der Waals surface area contributed by atoms with Crippen LogP contribution in [0.15, 0.2) is 48.8 Å². The van der Waals surface area contributed by atoms with Gasteiger partial charge in [0, 0.05) is 34.6 Å². The lowest BCUT2D eigenvalue weighted by molar-refractivity contribution is -0.117. The number of fused-ring (bicyclic) bond motifs is 1. The molecule has 2 aromatic heterocycles. The molecule has 1 saturated carbocycles. The normalized spacial score (nSPS) is 13.9. The fourth-order valence-corrected chi connectivity index (χ4v) is 2.67. The van der Waals surface area contributed by atoms with Crippen LogP contribution in [0.2, 0.25) is 0 Å². The summed E-state index contributed by atoms with van der Waals surface area (Å²) in [5.41, 5.74) is 2.63. The second kappa shape index (κ2) is 6.02. The number of nitrogens with zero attached hydrogens (tertiary/aromatic N) is 2. The van der Waals surface area contributed by atoms with Crippen molar-refractivity contribution in [2.45, 2.75) is 19.4 Å². The van der Waals surface area contributed by atoms with Crippen molar-refractivity contribution in [3.05, 3.63) is 54.4 Å². The molecule has 1 amide bonds. The monoisotopic (exact) mass is 319 g/mol. The number of nitrogens with one attached hydrogen (secondary N) is 1. The second-order valence-electron chi connectivity index (χ2n) is 6.11. The van der Waals surface area contributed by atoms with E-state index in [-0.39, 0.29) is 18.4 Å². The molecule has 1 aromatic carbocycles. The summed E-state index contributed by atoms with van der Waals surface area (Å²) in [6, 6.07) is 11.5. The van der Waals surface area contributed by atoms with E-state index in [0.29, 0.717) is 5.82 Å². The standard InChI is InChI=1S/C19H17N3O2/c23-11-12-2-1-3-14(6-12)17-7-15-10-21-18(8-16(15)9-20-17)22-19(24)13-4-5-13/h1-3,6-10,13,23H,4-5,11H2,(H,21,22,24). The first-order valence-corrected chi connectivity index (χ1v) is 8.00. The van der Waals surface area contributed by atoms with Gasteiger partial charge in [0.15, 0.2) is 0 Å². The van der Waals surface area contributed by atoms with E-state index in [1.165, 1.54) is 0 Å². The first kappa shape index (κ1) is 14.8. The van der Waals surface area contributed by atoms with E-state index in [1.807, 2.05) is 36.4 Å². The van der Waals surface area contributed by atoms with Gasteiger partial charge >= 0.3 is 0 Å². The van der Waals surface area contributed by atoms with Gasteiger partial charge in [-0.15, -0.1) is 0 Å². The third-order valence-corrected chi connectivity index (χ3v) is 4.21. The molecule has 3 aromatic rings. The van der Waals surface area contributed by atoms with Crippen molar-refractivity contribution < 1.29 is 9.90 Å². The second-order valence-corrected chi connectivity index (χ2v) is 6.11. The van der Waals surface area contributed by atoms with Gasteiger partial charge in [-0.2, -0.15) is 0 Å². The Balaban J connectivity index is 1.64. The minimum atomic E-state index is 0.00697. The van der Waals surface area contributed by atoms with Crippen molar-refractivity contribution >= 4 is 22.5 Å². The Morgan fingerprint density at radius 1 is 1.12 bits per heavy atom. The Morgan fingerprint density at radius 2 is 1.92 bits per heavy atom. The molecule has 0 spiro atoms. The molecule has 0 radical (unpaired) electrons. The number of benzene rings is 1. The summed E-state index contributed by atoms with van der Waals surface area (Å²) in [6.45, 7) is 0.00697. The number of hydrogen-bond acceptors (Lipinski definition) is 4. The van der Waals surface area contributed by atoms with Crippen LogP contribution in [0.4, 0.5) is 5.82 Å². The first-order chi connectivity index (χ1) is 11.7. The number of aromatic nitrogens is 2. The van der Waals surface area contributed by atoms with Crippen molar-refractivity contribution in [2.24, 2.45) is 5.92 Å². The maximum Gasteiger partial charge on any atom is 0.228 e. The van der Waals surface area contributed by atoms with Crippen LogP contribution in [0.1, 0.15) is 18.4 Å². The van der Waals surface area contributed by atoms with E-state index in [4.69, 9.17) is 0 Å². The predicted octanol–water partition coefficient (Wildman–Crippen LogP) is 3.14.